The van der Waals surface area contributed by atoms with Gasteiger partial charge in [-0.05, 0) is 37.1 Å². The molecule has 1 aliphatic heterocycles. The van der Waals surface area contributed by atoms with Crippen molar-refractivity contribution in [1.29, 1.82) is 0 Å². The molecular formula is C17H18N2O3. The van der Waals surface area contributed by atoms with Crippen molar-refractivity contribution in [2.75, 3.05) is 18.0 Å². The van der Waals surface area contributed by atoms with Crippen molar-refractivity contribution in [1.82, 2.24) is 4.98 Å². The fourth-order valence-electron chi connectivity index (χ4n) is 2.55. The normalized spacial score (nSPS) is 14.5. The van der Waals surface area contributed by atoms with Crippen LogP contribution in [0, 0.1) is 13.8 Å². The number of aromatic carboxylic acids is 1. The number of carboxylic acid groups (broad SMARTS) is 1. The molecule has 0 radical (unpaired) electrons. The van der Waals surface area contributed by atoms with Gasteiger partial charge < -0.3 is 14.7 Å². The summed E-state index contributed by atoms with van der Waals surface area (Å²) >= 11 is 0. The van der Waals surface area contributed by atoms with E-state index in [4.69, 9.17) is 9.84 Å². The quantitative estimate of drug-likeness (QED) is 0.940. The Hall–Kier alpha value is -2.56. The van der Waals surface area contributed by atoms with Crippen molar-refractivity contribution in [3.05, 3.63) is 53.2 Å². The highest BCUT2D eigenvalue weighted by molar-refractivity contribution is 5.87. The smallest absolute Gasteiger partial charge is 0.337 e. The third-order valence-corrected chi connectivity index (χ3v) is 3.86. The van der Waals surface area contributed by atoms with E-state index < -0.39 is 5.97 Å². The topological polar surface area (TPSA) is 62.7 Å². The van der Waals surface area contributed by atoms with Gasteiger partial charge in [0, 0.05) is 6.20 Å². The van der Waals surface area contributed by atoms with Crippen LogP contribution in [0.15, 0.2) is 36.5 Å². The number of hydrogen-bond acceptors (Lipinski definition) is 4. The molecule has 0 aliphatic carbocycles. The first-order valence-corrected chi connectivity index (χ1v) is 7.22. The molecule has 0 bridgehead atoms. The summed E-state index contributed by atoms with van der Waals surface area (Å²) in [6, 6.07) is 9.43. The molecule has 0 atom stereocenters. The van der Waals surface area contributed by atoms with Gasteiger partial charge in [0.2, 0.25) is 0 Å². The Labute approximate surface area is 129 Å². The molecule has 1 aliphatic rings. The maximum atomic E-state index is 10.8. The predicted octanol–water partition coefficient (Wildman–Crippen LogP) is 2.66. The van der Waals surface area contributed by atoms with Crippen molar-refractivity contribution >= 4 is 11.8 Å². The minimum atomic E-state index is -0.959. The molecule has 0 amide bonds. The number of carboxylic acids is 1. The highest BCUT2D eigenvalue weighted by atomic mass is 16.5. The molecule has 0 saturated carbocycles. The third-order valence-electron chi connectivity index (χ3n) is 3.86. The zero-order valence-electron chi connectivity index (χ0n) is 12.6. The number of anilines is 1. The summed E-state index contributed by atoms with van der Waals surface area (Å²) in [5.41, 5.74) is 2.48. The van der Waals surface area contributed by atoms with Crippen molar-refractivity contribution in [2.24, 2.45) is 0 Å². The standard InChI is InChI=1S/C17H18N2O3/c1-11-4-3-5-12(2)16(11)22-14-9-19(10-14)15-7-6-13(8-18-15)17(20)21/h3-8,14H,9-10H2,1-2H3,(H,20,21). The number of aryl methyl sites for hydroxylation is 2. The lowest BCUT2D eigenvalue weighted by molar-refractivity contribution is 0.0696. The van der Waals surface area contributed by atoms with Crippen LogP contribution >= 0.6 is 0 Å². The molecule has 114 valence electrons. The van der Waals surface area contributed by atoms with Crippen LogP contribution in [-0.2, 0) is 0 Å². The zero-order valence-corrected chi connectivity index (χ0v) is 12.6. The lowest BCUT2D eigenvalue weighted by Crippen LogP contribution is -2.54. The summed E-state index contributed by atoms with van der Waals surface area (Å²) in [7, 11) is 0. The van der Waals surface area contributed by atoms with Crippen molar-refractivity contribution in [2.45, 2.75) is 20.0 Å². The average molecular weight is 298 g/mol. The van der Waals surface area contributed by atoms with Gasteiger partial charge in [-0.1, -0.05) is 18.2 Å². The third kappa shape index (κ3) is 2.74. The first kappa shape index (κ1) is 14.4. The Morgan fingerprint density at radius 1 is 1.23 bits per heavy atom. The van der Waals surface area contributed by atoms with Gasteiger partial charge in [0.1, 0.15) is 17.7 Å². The molecule has 2 aromatic rings. The maximum Gasteiger partial charge on any atom is 0.337 e. The van der Waals surface area contributed by atoms with E-state index in [9.17, 15) is 4.79 Å². The van der Waals surface area contributed by atoms with Gasteiger partial charge in [-0.25, -0.2) is 9.78 Å². The van der Waals surface area contributed by atoms with Gasteiger partial charge in [-0.15, -0.1) is 0 Å². The number of benzene rings is 1. The van der Waals surface area contributed by atoms with E-state index in [1.165, 1.54) is 6.20 Å². The van der Waals surface area contributed by atoms with Gasteiger partial charge in [0.15, 0.2) is 0 Å². The molecule has 1 saturated heterocycles. The van der Waals surface area contributed by atoms with Crippen LogP contribution < -0.4 is 9.64 Å². The number of rotatable bonds is 4. The van der Waals surface area contributed by atoms with E-state index in [1.54, 1.807) is 12.1 Å². The summed E-state index contributed by atoms with van der Waals surface area (Å²) in [5, 5.41) is 8.87. The number of para-hydroxylation sites is 1. The Bertz CT molecular complexity index is 671. The first-order valence-electron chi connectivity index (χ1n) is 7.22. The van der Waals surface area contributed by atoms with Crippen LogP contribution in [0.1, 0.15) is 21.5 Å². The summed E-state index contributed by atoms with van der Waals surface area (Å²) in [6.07, 6.45) is 1.53. The zero-order chi connectivity index (χ0) is 15.7. The maximum absolute atomic E-state index is 10.8. The molecule has 5 nitrogen and oxygen atoms in total. The highest BCUT2D eigenvalue weighted by Gasteiger charge is 2.30. The Morgan fingerprint density at radius 2 is 1.91 bits per heavy atom. The van der Waals surface area contributed by atoms with Crippen LogP contribution in [-0.4, -0.2) is 35.3 Å². The van der Waals surface area contributed by atoms with E-state index in [0.29, 0.717) is 0 Å². The molecule has 0 spiro atoms. The van der Waals surface area contributed by atoms with Gasteiger partial charge in [0.25, 0.3) is 0 Å². The van der Waals surface area contributed by atoms with E-state index in [1.807, 2.05) is 32.0 Å². The van der Waals surface area contributed by atoms with Gasteiger partial charge in [-0.3, -0.25) is 0 Å². The minimum absolute atomic E-state index is 0.140. The number of pyridine rings is 1. The van der Waals surface area contributed by atoms with Crippen LogP contribution in [0.2, 0.25) is 0 Å². The molecule has 1 aromatic heterocycles. The largest absolute Gasteiger partial charge is 0.486 e. The summed E-state index contributed by atoms with van der Waals surface area (Å²) < 4.78 is 6.06. The average Bonchev–Trinajstić information content (AvgIpc) is 2.45. The van der Waals surface area contributed by atoms with Gasteiger partial charge >= 0.3 is 5.97 Å². The molecule has 2 heterocycles. The second kappa shape index (κ2) is 5.67. The van der Waals surface area contributed by atoms with E-state index in [2.05, 4.69) is 9.88 Å². The number of ether oxygens (including phenoxy) is 1. The first-order chi connectivity index (χ1) is 10.5. The van der Waals surface area contributed by atoms with Gasteiger partial charge in [0.05, 0.1) is 18.7 Å². The SMILES string of the molecule is Cc1cccc(C)c1OC1CN(c2ccc(C(=O)O)cn2)C1. The number of hydrogen-bond donors (Lipinski definition) is 1. The van der Waals surface area contributed by atoms with Crippen LogP contribution in [0.5, 0.6) is 5.75 Å². The Balaban J connectivity index is 1.61. The minimum Gasteiger partial charge on any atom is -0.486 e. The predicted molar refractivity (Wildman–Crippen MR) is 83.7 cm³/mol. The molecule has 0 unspecified atom stereocenters. The number of carbonyl (C=O) groups is 1. The molecule has 1 N–H and O–H groups in total. The molecule has 3 rings (SSSR count). The molecular weight excluding hydrogens is 280 g/mol. The molecule has 22 heavy (non-hydrogen) atoms. The van der Waals surface area contributed by atoms with E-state index >= 15 is 0 Å². The second-order valence-electron chi connectivity index (χ2n) is 5.58. The Morgan fingerprint density at radius 3 is 2.45 bits per heavy atom. The number of aromatic nitrogens is 1. The monoisotopic (exact) mass is 298 g/mol. The lowest BCUT2D eigenvalue weighted by atomic mass is 10.1. The highest BCUT2D eigenvalue weighted by Crippen LogP contribution is 2.27. The van der Waals surface area contributed by atoms with Gasteiger partial charge in [-0.2, -0.15) is 0 Å². The molecule has 5 heteroatoms. The Kier molecular flexibility index (Phi) is 3.71. The van der Waals surface area contributed by atoms with Crippen LogP contribution in [0.3, 0.4) is 0 Å². The fourth-order valence-corrected chi connectivity index (χ4v) is 2.55. The van der Waals surface area contributed by atoms with Crippen molar-refractivity contribution in [3.63, 3.8) is 0 Å². The summed E-state index contributed by atoms with van der Waals surface area (Å²) in [5.74, 6) is 0.784. The van der Waals surface area contributed by atoms with E-state index in [0.717, 1.165) is 35.8 Å². The van der Waals surface area contributed by atoms with Crippen molar-refractivity contribution in [3.8, 4) is 5.75 Å². The second-order valence-corrected chi connectivity index (χ2v) is 5.58. The summed E-state index contributed by atoms with van der Waals surface area (Å²) in [4.78, 5) is 17.1. The molecule has 1 fully saturated rings. The van der Waals surface area contributed by atoms with Crippen molar-refractivity contribution < 1.29 is 14.6 Å². The van der Waals surface area contributed by atoms with E-state index in [-0.39, 0.29) is 11.7 Å². The summed E-state index contributed by atoms with van der Waals surface area (Å²) in [6.45, 7) is 5.61. The fraction of sp³-hybridized carbons (Fsp3) is 0.294. The van der Waals surface area contributed by atoms with Crippen LogP contribution in [0.25, 0.3) is 0 Å². The number of nitrogens with zero attached hydrogens (tertiary/aromatic N) is 2. The van der Waals surface area contributed by atoms with Crippen LogP contribution in [0.4, 0.5) is 5.82 Å². The molecule has 1 aromatic carbocycles. The lowest BCUT2D eigenvalue weighted by Gasteiger charge is -2.40.